The van der Waals surface area contributed by atoms with Crippen LogP contribution < -0.4 is 0 Å². The van der Waals surface area contributed by atoms with Gasteiger partial charge in [-0.15, -0.1) is 19.7 Å². The van der Waals surface area contributed by atoms with E-state index in [9.17, 15) is 92.2 Å². The second kappa shape index (κ2) is 19.2. The van der Waals surface area contributed by atoms with E-state index < -0.39 is 95.5 Å². The molecule has 0 heterocycles. The molecule has 0 rings (SSSR count). The molecule has 0 aromatic rings. The Kier molecular flexibility index (Phi) is 21.7. The first kappa shape index (κ1) is 53.3. The predicted octanol–water partition coefficient (Wildman–Crippen LogP) is 13.5. The fourth-order valence-electron chi connectivity index (χ4n) is 2.52. The summed E-state index contributed by atoms with van der Waals surface area (Å²) >= 11 is 2.36. The molecular formula is C24H29F21I2. The van der Waals surface area contributed by atoms with Crippen LogP contribution in [0.4, 0.5) is 92.2 Å². The molecule has 0 amide bonds. The van der Waals surface area contributed by atoms with Crippen LogP contribution in [0.1, 0.15) is 46.5 Å². The van der Waals surface area contributed by atoms with Gasteiger partial charge < -0.3 is 0 Å². The van der Waals surface area contributed by atoms with Gasteiger partial charge in [0.25, 0.3) is 0 Å². The van der Waals surface area contributed by atoms with E-state index in [0.29, 0.717) is 0 Å². The molecule has 286 valence electrons. The third kappa shape index (κ3) is 20.7. The number of alkyl halides is 23. The van der Waals surface area contributed by atoms with E-state index in [1.54, 1.807) is 22.6 Å². The maximum Gasteiger partial charge on any atom is 0.422 e. The molecule has 0 radical (unpaired) electrons. The molecule has 6 atom stereocenters. The third-order valence-electron chi connectivity index (χ3n) is 5.55. The molecule has 0 fully saturated rings. The molecule has 47 heavy (non-hydrogen) atoms. The zero-order valence-corrected chi connectivity index (χ0v) is 28.5. The Balaban J connectivity index is -0.000000288. The van der Waals surface area contributed by atoms with Crippen molar-refractivity contribution in [2.75, 3.05) is 4.43 Å². The van der Waals surface area contributed by atoms with Gasteiger partial charge in [-0.25, -0.2) is 13.2 Å². The highest BCUT2D eigenvalue weighted by molar-refractivity contribution is 14.1. The van der Waals surface area contributed by atoms with E-state index in [2.05, 4.69) is 19.7 Å². The summed E-state index contributed by atoms with van der Waals surface area (Å²) in [5.74, 6) is -4.77. The standard InChI is InChI=1S/C8H10F7I.C8H9F7.C6H6F7I.C2H4/c1-6(9,8(13,14)15)4-5(2-3-16)7(10,11)12;1-3-5(7(10,11)12)4-6(2,9)8(13,14)15;1-4(7,6(11,12)13)2-3(14)5(8,9)10;1-2/h5H,2-4H2,1H3;3,5H,1,4H2,2H3;3H,2H2,1H3;1-2H2. The highest BCUT2D eigenvalue weighted by Gasteiger charge is 2.58. The number of hydrogen-bond acceptors (Lipinski definition) is 0. The van der Waals surface area contributed by atoms with E-state index in [4.69, 9.17) is 0 Å². The molecule has 0 aliphatic carbocycles. The van der Waals surface area contributed by atoms with Gasteiger partial charge in [0.05, 0.1) is 11.8 Å². The number of hydrogen-bond donors (Lipinski definition) is 0. The second-order valence-corrected chi connectivity index (χ2v) is 12.4. The van der Waals surface area contributed by atoms with Crippen LogP contribution in [-0.4, -0.2) is 62.4 Å². The zero-order valence-electron chi connectivity index (χ0n) is 24.2. The smallest absolute Gasteiger partial charge is 0.234 e. The quantitative estimate of drug-likeness (QED) is 0.0935. The van der Waals surface area contributed by atoms with Crippen LogP contribution in [0.5, 0.6) is 0 Å². The van der Waals surface area contributed by atoms with Crippen LogP contribution in [0.2, 0.25) is 0 Å². The van der Waals surface area contributed by atoms with Gasteiger partial charge in [0.15, 0.2) is 0 Å². The van der Waals surface area contributed by atoms with Crippen LogP contribution in [0.25, 0.3) is 0 Å². The molecule has 0 aromatic heterocycles. The Bertz CT molecular complexity index is 874. The maximum absolute atomic E-state index is 13.1. The van der Waals surface area contributed by atoms with Crippen molar-refractivity contribution in [1.29, 1.82) is 0 Å². The molecule has 0 N–H and O–H groups in total. The van der Waals surface area contributed by atoms with Gasteiger partial charge >= 0.3 is 37.1 Å². The van der Waals surface area contributed by atoms with Crippen molar-refractivity contribution in [3.63, 3.8) is 0 Å². The van der Waals surface area contributed by atoms with Gasteiger partial charge in [-0.05, 0) is 27.2 Å². The highest BCUT2D eigenvalue weighted by atomic mass is 127. The van der Waals surface area contributed by atoms with Crippen LogP contribution >= 0.6 is 45.2 Å². The van der Waals surface area contributed by atoms with Crippen LogP contribution in [-0.2, 0) is 0 Å². The van der Waals surface area contributed by atoms with Crippen LogP contribution in [0, 0.1) is 11.8 Å². The summed E-state index contributed by atoms with van der Waals surface area (Å²) in [5.41, 5.74) is -11.5. The van der Waals surface area contributed by atoms with Gasteiger partial charge in [-0.2, -0.15) is 79.0 Å². The molecule has 0 saturated carbocycles. The minimum absolute atomic E-state index is 0.0237. The normalized spacial score (nSPS) is 18.9. The predicted molar refractivity (Wildman–Crippen MR) is 148 cm³/mol. The molecule has 0 aliphatic heterocycles. The van der Waals surface area contributed by atoms with Gasteiger partial charge in [0.2, 0.25) is 17.0 Å². The lowest BCUT2D eigenvalue weighted by atomic mass is 9.90. The first-order chi connectivity index (χ1) is 20.2. The number of rotatable bonds is 9. The average Bonchev–Trinajstić information content (AvgIpc) is 2.80. The summed E-state index contributed by atoms with van der Waals surface area (Å²) in [4.78, 5) is 0. The largest absolute Gasteiger partial charge is 0.422 e. The third-order valence-corrected chi connectivity index (χ3v) is 7.32. The van der Waals surface area contributed by atoms with Crippen molar-refractivity contribution < 1.29 is 92.2 Å². The lowest BCUT2D eigenvalue weighted by Crippen LogP contribution is -2.42. The first-order valence-corrected chi connectivity index (χ1v) is 14.8. The lowest BCUT2D eigenvalue weighted by Gasteiger charge is -2.29. The van der Waals surface area contributed by atoms with Gasteiger partial charge in [0, 0.05) is 23.7 Å². The second-order valence-electron chi connectivity index (χ2n) is 9.81. The summed E-state index contributed by atoms with van der Waals surface area (Å²) in [6.45, 7) is 9.06. The highest BCUT2D eigenvalue weighted by Crippen LogP contribution is 2.45. The average molecular weight is 970 g/mol. The molecule has 0 bridgehead atoms. The Labute approximate surface area is 283 Å². The minimum Gasteiger partial charge on any atom is -0.234 e. The molecule has 0 aromatic carbocycles. The van der Waals surface area contributed by atoms with E-state index in [1.807, 2.05) is 0 Å². The van der Waals surface area contributed by atoms with Gasteiger partial charge in [-0.3, -0.25) is 0 Å². The van der Waals surface area contributed by atoms with Crippen LogP contribution in [0.3, 0.4) is 0 Å². The first-order valence-electron chi connectivity index (χ1n) is 12.0. The summed E-state index contributed by atoms with van der Waals surface area (Å²) in [6.07, 6.45) is -35.6. The lowest BCUT2D eigenvalue weighted by molar-refractivity contribution is -0.248. The Hall–Kier alpha value is -0.530. The molecule has 0 spiro atoms. The zero-order chi connectivity index (χ0) is 39.5. The summed E-state index contributed by atoms with van der Waals surface area (Å²) < 4.78 is 252. The maximum atomic E-state index is 13.1. The van der Waals surface area contributed by atoms with E-state index in [0.717, 1.165) is 22.6 Å². The monoisotopic (exact) mass is 970 g/mol. The molecule has 23 heteroatoms. The SMILES string of the molecule is C=C.C=CC(CC(C)(F)C(F)(F)F)C(F)(F)F.CC(F)(CC(CCI)C(F)(F)F)C(F)(F)F.CC(F)(CC(I)C(F)(F)F)C(F)(F)F. The van der Waals surface area contributed by atoms with Crippen molar-refractivity contribution in [2.45, 2.75) is 104 Å². The Morgan fingerprint density at radius 3 is 1.02 bits per heavy atom. The molecule has 0 nitrogen and oxygen atoms in total. The summed E-state index contributed by atoms with van der Waals surface area (Å²) in [6, 6.07) is 0. The van der Waals surface area contributed by atoms with Crippen LogP contribution in [0.15, 0.2) is 25.8 Å². The van der Waals surface area contributed by atoms with Crippen molar-refractivity contribution in [2.24, 2.45) is 11.8 Å². The molecule has 6 unspecified atom stereocenters. The fourth-order valence-corrected chi connectivity index (χ4v) is 4.10. The number of halogens is 23. The summed E-state index contributed by atoms with van der Waals surface area (Å²) in [7, 11) is 0. The van der Waals surface area contributed by atoms with Crippen molar-refractivity contribution >= 4 is 45.2 Å². The van der Waals surface area contributed by atoms with Crippen molar-refractivity contribution in [1.82, 2.24) is 0 Å². The topological polar surface area (TPSA) is 0 Å². The number of allylic oxidation sites excluding steroid dienone is 1. The fraction of sp³-hybridized carbons (Fsp3) is 0.833. The van der Waals surface area contributed by atoms with E-state index in [-0.39, 0.29) is 31.3 Å². The van der Waals surface area contributed by atoms with Crippen molar-refractivity contribution in [3.8, 4) is 0 Å². The van der Waals surface area contributed by atoms with Crippen molar-refractivity contribution in [3.05, 3.63) is 25.8 Å². The molecular weight excluding hydrogens is 941 g/mol. The Morgan fingerprint density at radius 1 is 0.511 bits per heavy atom. The molecule has 0 aliphatic rings. The van der Waals surface area contributed by atoms with Gasteiger partial charge in [0.1, 0.15) is 3.92 Å². The molecule has 0 saturated heterocycles. The summed E-state index contributed by atoms with van der Waals surface area (Å²) in [5, 5.41) is 0. The van der Waals surface area contributed by atoms with E-state index in [1.165, 1.54) is 0 Å². The minimum atomic E-state index is -5.32. The Morgan fingerprint density at radius 2 is 0.809 bits per heavy atom. The van der Waals surface area contributed by atoms with E-state index >= 15 is 0 Å². The van der Waals surface area contributed by atoms with Gasteiger partial charge in [-0.1, -0.05) is 51.3 Å².